The average Bonchev–Trinajstić information content (AvgIpc) is 2.66. The minimum atomic E-state index is -1.39. The predicted octanol–water partition coefficient (Wildman–Crippen LogP) is -2.12. The highest BCUT2D eigenvalue weighted by atomic mass is 16.6. The molecule has 110 valence electrons. The summed E-state index contributed by atoms with van der Waals surface area (Å²) in [5, 5.41) is 28.7. The monoisotopic (exact) mass is 284 g/mol. The molecule has 0 unspecified atom stereocenters. The van der Waals surface area contributed by atoms with Crippen molar-refractivity contribution in [2.75, 3.05) is 6.61 Å². The van der Waals surface area contributed by atoms with E-state index in [4.69, 9.17) is 9.84 Å². The Morgan fingerprint density at radius 2 is 2.10 bits per heavy atom. The first-order valence-corrected chi connectivity index (χ1v) is 6.07. The maximum Gasteiger partial charge on any atom is 0.330 e. The number of nitrogens with one attached hydrogen (secondary N) is 1. The fraction of sp³-hybridized carbons (Fsp3) is 0.500. The van der Waals surface area contributed by atoms with Gasteiger partial charge >= 0.3 is 5.69 Å². The lowest BCUT2D eigenvalue weighted by atomic mass is 10.1. The van der Waals surface area contributed by atoms with E-state index in [0.29, 0.717) is 5.69 Å². The summed E-state index contributed by atoms with van der Waals surface area (Å²) in [5.74, 6) is 0. The molecule has 2 rings (SSSR count). The Morgan fingerprint density at radius 1 is 1.40 bits per heavy atom. The molecule has 1 fully saturated rings. The second-order valence-electron chi connectivity index (χ2n) is 4.52. The van der Waals surface area contributed by atoms with Gasteiger partial charge < -0.3 is 20.1 Å². The average molecular weight is 284 g/mol. The maximum atomic E-state index is 11.9. The zero-order chi connectivity index (χ0) is 14.9. The highest BCUT2D eigenvalue weighted by Crippen LogP contribution is 2.28. The Hall–Kier alpha value is -1.74. The number of aliphatic hydroxyl groups is 3. The fourth-order valence-corrected chi connectivity index (χ4v) is 2.23. The molecule has 1 aliphatic heterocycles. The number of hydrogen-bond acceptors (Lipinski definition) is 6. The van der Waals surface area contributed by atoms with Gasteiger partial charge in [0.2, 0.25) is 0 Å². The van der Waals surface area contributed by atoms with Gasteiger partial charge in [-0.25, -0.2) is 4.79 Å². The van der Waals surface area contributed by atoms with Gasteiger partial charge in [0.15, 0.2) is 6.23 Å². The molecule has 0 aliphatic carbocycles. The van der Waals surface area contributed by atoms with E-state index in [9.17, 15) is 19.8 Å². The summed E-state index contributed by atoms with van der Waals surface area (Å²) in [7, 11) is 0. The maximum absolute atomic E-state index is 11.9. The van der Waals surface area contributed by atoms with E-state index in [1.807, 2.05) is 0 Å². The van der Waals surface area contributed by atoms with Crippen LogP contribution >= 0.6 is 0 Å². The van der Waals surface area contributed by atoms with Crippen LogP contribution in [0.4, 0.5) is 0 Å². The molecule has 1 aromatic heterocycles. The number of ether oxygens (including phenoxy) is 1. The van der Waals surface area contributed by atoms with E-state index in [2.05, 4.69) is 11.6 Å². The third-order valence-corrected chi connectivity index (χ3v) is 3.18. The third kappa shape index (κ3) is 2.46. The first-order valence-electron chi connectivity index (χ1n) is 6.07. The molecule has 0 bridgehead atoms. The van der Waals surface area contributed by atoms with Crippen LogP contribution in [0, 0.1) is 0 Å². The summed E-state index contributed by atoms with van der Waals surface area (Å²) in [4.78, 5) is 25.3. The molecular weight excluding hydrogens is 268 g/mol. The summed E-state index contributed by atoms with van der Waals surface area (Å²) in [6.45, 7) is 3.03. The van der Waals surface area contributed by atoms with Crippen LogP contribution in [0.25, 0.3) is 0 Å². The van der Waals surface area contributed by atoms with Crippen LogP contribution < -0.4 is 11.2 Å². The lowest BCUT2D eigenvalue weighted by molar-refractivity contribution is -0.0561. The number of allylic oxidation sites excluding steroid dienone is 1. The van der Waals surface area contributed by atoms with Crippen LogP contribution in [0.5, 0.6) is 0 Å². The molecule has 0 saturated carbocycles. The zero-order valence-corrected chi connectivity index (χ0v) is 10.6. The third-order valence-electron chi connectivity index (χ3n) is 3.18. The van der Waals surface area contributed by atoms with E-state index < -0.39 is 42.4 Å². The Labute approximate surface area is 113 Å². The van der Waals surface area contributed by atoms with Crippen molar-refractivity contribution in [2.24, 2.45) is 0 Å². The second-order valence-corrected chi connectivity index (χ2v) is 4.52. The van der Waals surface area contributed by atoms with Crippen molar-refractivity contribution in [3.63, 3.8) is 0 Å². The van der Waals surface area contributed by atoms with Crippen molar-refractivity contribution in [1.29, 1.82) is 0 Å². The Kier molecular flexibility index (Phi) is 4.19. The summed E-state index contributed by atoms with van der Waals surface area (Å²) in [6, 6.07) is 1.19. The minimum Gasteiger partial charge on any atom is -0.394 e. The molecule has 8 nitrogen and oxygen atoms in total. The van der Waals surface area contributed by atoms with Crippen LogP contribution in [-0.4, -0.2) is 49.8 Å². The molecule has 0 spiro atoms. The van der Waals surface area contributed by atoms with Gasteiger partial charge in [-0.3, -0.25) is 14.3 Å². The molecule has 1 saturated heterocycles. The summed E-state index contributed by atoms with van der Waals surface area (Å²) < 4.78 is 6.33. The fourth-order valence-electron chi connectivity index (χ4n) is 2.23. The van der Waals surface area contributed by atoms with Gasteiger partial charge in [-0.1, -0.05) is 6.08 Å². The van der Waals surface area contributed by atoms with Crippen LogP contribution in [0.3, 0.4) is 0 Å². The number of aromatic nitrogens is 2. The van der Waals surface area contributed by atoms with E-state index in [1.165, 1.54) is 12.1 Å². The Balaban J connectivity index is 2.50. The molecule has 4 N–H and O–H groups in total. The predicted molar refractivity (Wildman–Crippen MR) is 68.2 cm³/mol. The van der Waals surface area contributed by atoms with Gasteiger partial charge in [-0.05, 0) is 0 Å². The number of aromatic amines is 1. The number of hydrogen-bond donors (Lipinski definition) is 4. The van der Waals surface area contributed by atoms with E-state index in [0.717, 1.165) is 4.57 Å². The zero-order valence-electron chi connectivity index (χ0n) is 10.6. The van der Waals surface area contributed by atoms with Crippen LogP contribution in [0.15, 0.2) is 28.3 Å². The quantitative estimate of drug-likeness (QED) is 0.468. The van der Waals surface area contributed by atoms with E-state index >= 15 is 0 Å². The van der Waals surface area contributed by atoms with Gasteiger partial charge in [0.1, 0.15) is 18.3 Å². The van der Waals surface area contributed by atoms with Crippen molar-refractivity contribution in [3.8, 4) is 0 Å². The van der Waals surface area contributed by atoms with Gasteiger partial charge in [0.05, 0.1) is 6.61 Å². The number of nitrogens with zero attached hydrogens (tertiary/aromatic N) is 1. The molecule has 4 atom stereocenters. The van der Waals surface area contributed by atoms with Crippen molar-refractivity contribution in [1.82, 2.24) is 9.55 Å². The Bertz CT molecular complexity index is 607. The summed E-state index contributed by atoms with van der Waals surface area (Å²) >= 11 is 0. The lowest BCUT2D eigenvalue weighted by Gasteiger charge is -2.20. The van der Waals surface area contributed by atoms with Crippen LogP contribution in [0.2, 0.25) is 0 Å². The second kappa shape index (κ2) is 5.71. The lowest BCUT2D eigenvalue weighted by Crippen LogP contribution is -2.39. The van der Waals surface area contributed by atoms with Crippen molar-refractivity contribution in [3.05, 3.63) is 45.3 Å². The molecule has 8 heteroatoms. The number of aliphatic hydroxyl groups excluding tert-OH is 3. The topological polar surface area (TPSA) is 125 Å². The Morgan fingerprint density at radius 3 is 2.65 bits per heavy atom. The highest BCUT2D eigenvalue weighted by Gasteiger charge is 2.44. The van der Waals surface area contributed by atoms with Crippen molar-refractivity contribution >= 4 is 0 Å². The van der Waals surface area contributed by atoms with Crippen LogP contribution in [0.1, 0.15) is 11.9 Å². The van der Waals surface area contributed by atoms with Crippen molar-refractivity contribution < 1.29 is 20.1 Å². The largest absolute Gasteiger partial charge is 0.394 e. The van der Waals surface area contributed by atoms with Gasteiger partial charge in [0, 0.05) is 18.2 Å². The number of rotatable bonds is 4. The molecule has 0 radical (unpaired) electrons. The van der Waals surface area contributed by atoms with Crippen molar-refractivity contribution in [2.45, 2.75) is 31.0 Å². The summed E-state index contributed by atoms with van der Waals surface area (Å²) in [6.07, 6.45) is -3.18. The smallest absolute Gasteiger partial charge is 0.330 e. The minimum absolute atomic E-state index is 0.214. The van der Waals surface area contributed by atoms with E-state index in [1.54, 1.807) is 0 Å². The van der Waals surface area contributed by atoms with Crippen LogP contribution in [-0.2, 0) is 11.2 Å². The molecule has 1 aromatic rings. The van der Waals surface area contributed by atoms with Gasteiger partial charge in [0.25, 0.3) is 5.56 Å². The highest BCUT2D eigenvalue weighted by molar-refractivity contribution is 5.08. The standard InChI is InChI=1S/C12H16N2O6/c1-2-3-6-4-8(16)13-12(19)14(6)11-10(18)9(17)7(5-15)20-11/h2,4,7,9-11,15,17-18H,1,3,5H2,(H,13,16,19)/t7-,9-,10-,11-/m1/s1. The SMILES string of the molecule is C=CCc1cc(=O)[nH]c(=O)n1[C@@H]1O[C@H](CO)[C@@H](O)[C@H]1O. The molecule has 1 aliphatic rings. The summed E-state index contributed by atoms with van der Waals surface area (Å²) in [5.41, 5.74) is -1.04. The molecule has 2 heterocycles. The molecule has 0 aromatic carbocycles. The van der Waals surface area contributed by atoms with Gasteiger partial charge in [-0.15, -0.1) is 6.58 Å². The van der Waals surface area contributed by atoms with E-state index in [-0.39, 0.29) is 6.42 Å². The first-order chi connectivity index (χ1) is 9.49. The van der Waals surface area contributed by atoms with Gasteiger partial charge in [-0.2, -0.15) is 0 Å². The number of H-pyrrole nitrogens is 1. The molecular formula is C12H16N2O6. The first kappa shape index (κ1) is 14.7. The molecule has 20 heavy (non-hydrogen) atoms. The molecule has 0 amide bonds. The normalized spacial score (nSPS) is 29.6.